The second kappa shape index (κ2) is 9.48. The third kappa shape index (κ3) is 6.34. The van der Waals surface area contributed by atoms with Crippen LogP contribution in [0.1, 0.15) is 41.0 Å². The zero-order chi connectivity index (χ0) is 20.0. The van der Waals surface area contributed by atoms with Gasteiger partial charge >= 0.3 is 5.97 Å². The number of anilines is 1. The number of amides is 1. The van der Waals surface area contributed by atoms with E-state index in [1.807, 2.05) is 13.8 Å². The summed E-state index contributed by atoms with van der Waals surface area (Å²) < 4.78 is 4.98. The quantitative estimate of drug-likeness (QED) is 0.416. The van der Waals surface area contributed by atoms with E-state index >= 15 is 0 Å². The molecule has 0 fully saturated rings. The Morgan fingerprint density at radius 2 is 1.78 bits per heavy atom. The molecule has 0 atom stereocenters. The fraction of sp³-hybridized carbons (Fsp3) is 0.263. The summed E-state index contributed by atoms with van der Waals surface area (Å²) in [4.78, 5) is 39.6. The lowest BCUT2D eigenvalue weighted by Crippen LogP contribution is -2.15. The van der Waals surface area contributed by atoms with E-state index in [1.54, 1.807) is 24.3 Å². The van der Waals surface area contributed by atoms with Gasteiger partial charge in [-0.1, -0.05) is 37.0 Å². The highest BCUT2D eigenvalue weighted by Crippen LogP contribution is 2.20. The van der Waals surface area contributed by atoms with Crippen molar-refractivity contribution < 1.29 is 19.1 Å². The molecule has 8 heteroatoms. The molecule has 0 aliphatic rings. The Bertz CT molecular complexity index is 851. The number of carbonyl (C=O) groups excluding carboxylic acids is 3. The van der Waals surface area contributed by atoms with Crippen molar-refractivity contribution in [2.45, 2.75) is 20.3 Å². The van der Waals surface area contributed by atoms with Crippen molar-refractivity contribution in [1.82, 2.24) is 4.98 Å². The van der Waals surface area contributed by atoms with E-state index in [1.165, 1.54) is 12.3 Å². The van der Waals surface area contributed by atoms with Crippen molar-refractivity contribution in [3.05, 3.63) is 57.8 Å². The monoisotopic (exact) mass is 408 g/mol. The number of carbonyl (C=O) groups is 3. The van der Waals surface area contributed by atoms with Crippen molar-refractivity contribution in [1.29, 1.82) is 0 Å². The molecule has 0 spiro atoms. The molecule has 6 nitrogen and oxygen atoms in total. The maximum absolute atomic E-state index is 12.2. The Morgan fingerprint density at radius 1 is 1.11 bits per heavy atom. The number of Topliss-reactive ketones (excluding diaryl/α,β-unsaturated/α-hetero) is 1. The number of ketones is 1. The maximum Gasteiger partial charge on any atom is 0.340 e. The summed E-state index contributed by atoms with van der Waals surface area (Å²) in [5.74, 6) is -0.942. The van der Waals surface area contributed by atoms with Gasteiger partial charge in [0.2, 0.25) is 5.91 Å². The van der Waals surface area contributed by atoms with E-state index in [0.29, 0.717) is 17.7 Å². The Labute approximate surface area is 166 Å². The van der Waals surface area contributed by atoms with Gasteiger partial charge in [-0.3, -0.25) is 9.59 Å². The van der Waals surface area contributed by atoms with Crippen molar-refractivity contribution in [3.63, 3.8) is 0 Å². The zero-order valence-corrected chi connectivity index (χ0v) is 16.3. The van der Waals surface area contributed by atoms with Gasteiger partial charge in [0.05, 0.1) is 10.6 Å². The molecule has 0 radical (unpaired) electrons. The van der Waals surface area contributed by atoms with Gasteiger partial charge in [0, 0.05) is 23.9 Å². The molecule has 1 aromatic carbocycles. The normalized spacial score (nSPS) is 10.6. The number of nitrogens with zero attached hydrogens (tertiary/aromatic N) is 1. The molecule has 1 N–H and O–H groups in total. The lowest BCUT2D eigenvalue weighted by atomic mass is 10.1. The van der Waals surface area contributed by atoms with E-state index < -0.39 is 12.6 Å². The minimum Gasteiger partial charge on any atom is -0.454 e. The molecule has 2 aromatic rings. The van der Waals surface area contributed by atoms with Crippen LogP contribution in [0.25, 0.3) is 0 Å². The smallest absolute Gasteiger partial charge is 0.340 e. The molecule has 0 aliphatic carbocycles. The first kappa shape index (κ1) is 20.9. The van der Waals surface area contributed by atoms with Gasteiger partial charge in [0.25, 0.3) is 0 Å². The molecule has 142 valence electrons. The van der Waals surface area contributed by atoms with Gasteiger partial charge in [-0.2, -0.15) is 0 Å². The number of pyridine rings is 1. The van der Waals surface area contributed by atoms with Crippen molar-refractivity contribution >= 4 is 46.5 Å². The van der Waals surface area contributed by atoms with Crippen molar-refractivity contribution in [2.75, 3.05) is 11.9 Å². The van der Waals surface area contributed by atoms with Crippen LogP contribution in [0.5, 0.6) is 0 Å². The van der Waals surface area contributed by atoms with E-state index in [-0.39, 0.29) is 33.3 Å². The number of nitrogens with one attached hydrogen (secondary N) is 1. The molecule has 0 unspecified atom stereocenters. The van der Waals surface area contributed by atoms with Gasteiger partial charge in [-0.15, -0.1) is 0 Å². The summed E-state index contributed by atoms with van der Waals surface area (Å²) in [5.41, 5.74) is 1.05. The van der Waals surface area contributed by atoms with Crippen LogP contribution < -0.4 is 5.32 Å². The van der Waals surface area contributed by atoms with Crippen LogP contribution >= 0.6 is 23.2 Å². The standard InChI is InChI=1S/C19H18Cl2N2O4/c1-11(2)7-17(25)23-14-5-3-12(4-6-14)16(24)10-27-19(26)13-8-15(20)18(21)22-9-13/h3-6,8-9,11H,7,10H2,1-2H3,(H,23,25). The summed E-state index contributed by atoms with van der Waals surface area (Å²) in [6.45, 7) is 3.48. The third-order valence-electron chi connectivity index (χ3n) is 3.45. The largest absolute Gasteiger partial charge is 0.454 e. The molecule has 27 heavy (non-hydrogen) atoms. The summed E-state index contributed by atoms with van der Waals surface area (Å²) in [6, 6.07) is 7.68. The Kier molecular flexibility index (Phi) is 7.33. The first-order valence-corrected chi connectivity index (χ1v) is 8.93. The minimum absolute atomic E-state index is 0.0740. The fourth-order valence-corrected chi connectivity index (χ4v) is 2.42. The number of hydrogen-bond acceptors (Lipinski definition) is 5. The first-order chi connectivity index (χ1) is 12.8. The lowest BCUT2D eigenvalue weighted by molar-refractivity contribution is -0.116. The fourth-order valence-electron chi connectivity index (χ4n) is 2.15. The topological polar surface area (TPSA) is 85.4 Å². The number of aromatic nitrogens is 1. The Balaban J connectivity index is 1.91. The Hall–Kier alpha value is -2.44. The predicted molar refractivity (Wildman–Crippen MR) is 103 cm³/mol. The number of rotatable bonds is 7. The van der Waals surface area contributed by atoms with Crippen LogP contribution in [0.15, 0.2) is 36.5 Å². The van der Waals surface area contributed by atoms with Gasteiger partial charge in [0.1, 0.15) is 5.15 Å². The summed E-state index contributed by atoms with van der Waals surface area (Å²) >= 11 is 11.5. The van der Waals surface area contributed by atoms with Crippen LogP contribution in [0.2, 0.25) is 10.2 Å². The molecule has 0 aliphatic heterocycles. The van der Waals surface area contributed by atoms with Gasteiger partial charge in [-0.25, -0.2) is 9.78 Å². The van der Waals surface area contributed by atoms with Crippen molar-refractivity contribution in [3.8, 4) is 0 Å². The third-order valence-corrected chi connectivity index (χ3v) is 4.14. The molecule has 0 saturated carbocycles. The highest BCUT2D eigenvalue weighted by molar-refractivity contribution is 6.41. The van der Waals surface area contributed by atoms with Crippen LogP contribution in [0.4, 0.5) is 5.69 Å². The second-order valence-electron chi connectivity index (χ2n) is 6.22. The van der Waals surface area contributed by atoms with Gasteiger partial charge in [-0.05, 0) is 36.2 Å². The molecule has 1 heterocycles. The molecule has 0 bridgehead atoms. The average Bonchev–Trinajstić information content (AvgIpc) is 2.61. The van der Waals surface area contributed by atoms with Gasteiger partial charge in [0.15, 0.2) is 12.4 Å². The minimum atomic E-state index is -0.730. The molecular formula is C19H18Cl2N2O4. The first-order valence-electron chi connectivity index (χ1n) is 8.17. The average molecular weight is 409 g/mol. The number of hydrogen-bond donors (Lipinski definition) is 1. The van der Waals surface area contributed by atoms with Crippen LogP contribution in [0, 0.1) is 5.92 Å². The van der Waals surface area contributed by atoms with Crippen molar-refractivity contribution in [2.24, 2.45) is 5.92 Å². The lowest BCUT2D eigenvalue weighted by Gasteiger charge is -2.08. The van der Waals surface area contributed by atoms with E-state index in [9.17, 15) is 14.4 Å². The number of esters is 1. The molecule has 1 aromatic heterocycles. The van der Waals surface area contributed by atoms with E-state index in [0.717, 1.165) is 0 Å². The van der Waals surface area contributed by atoms with E-state index in [4.69, 9.17) is 27.9 Å². The summed E-state index contributed by atoms with van der Waals surface area (Å²) in [7, 11) is 0. The number of halogens is 2. The summed E-state index contributed by atoms with van der Waals surface area (Å²) in [6.07, 6.45) is 1.63. The molecule has 1 amide bonds. The highest BCUT2D eigenvalue weighted by Gasteiger charge is 2.14. The second-order valence-corrected chi connectivity index (χ2v) is 6.98. The molecule has 0 saturated heterocycles. The van der Waals surface area contributed by atoms with Crippen LogP contribution in [0.3, 0.4) is 0 Å². The number of benzene rings is 1. The van der Waals surface area contributed by atoms with Crippen LogP contribution in [-0.2, 0) is 9.53 Å². The predicted octanol–water partition coefficient (Wildman–Crippen LogP) is 4.41. The van der Waals surface area contributed by atoms with Gasteiger partial charge < -0.3 is 10.1 Å². The number of ether oxygens (including phenoxy) is 1. The SMILES string of the molecule is CC(C)CC(=O)Nc1ccc(C(=O)COC(=O)c2cnc(Cl)c(Cl)c2)cc1. The highest BCUT2D eigenvalue weighted by atomic mass is 35.5. The maximum atomic E-state index is 12.2. The molecule has 2 rings (SSSR count). The summed E-state index contributed by atoms with van der Waals surface area (Å²) in [5, 5.41) is 2.95. The Morgan fingerprint density at radius 3 is 2.37 bits per heavy atom. The molecular weight excluding hydrogens is 391 g/mol. The van der Waals surface area contributed by atoms with Crippen LogP contribution in [-0.4, -0.2) is 29.3 Å². The zero-order valence-electron chi connectivity index (χ0n) is 14.8. The van der Waals surface area contributed by atoms with E-state index in [2.05, 4.69) is 10.3 Å².